The molecular weight excluding hydrogens is 552 g/mol. The molecule has 3 aromatic heterocycles. The predicted octanol–water partition coefficient (Wildman–Crippen LogP) is 4.07. The Morgan fingerprint density at radius 3 is 2.56 bits per heavy atom. The first-order valence-electron chi connectivity index (χ1n) is 12.6. The normalized spacial score (nSPS) is 19.6. The number of alkyl halides is 2. The lowest BCUT2D eigenvalue weighted by atomic mass is 10.1. The monoisotopic (exact) mass is 583 g/mol. The molecule has 1 saturated heterocycles. The van der Waals surface area contributed by atoms with E-state index in [4.69, 9.17) is 4.74 Å². The largest absolute Gasteiger partial charge is 0.444 e. The lowest BCUT2D eigenvalue weighted by Crippen LogP contribution is -2.55. The van der Waals surface area contributed by atoms with Gasteiger partial charge in [-0.15, -0.1) is 10.2 Å². The van der Waals surface area contributed by atoms with Crippen LogP contribution in [0.25, 0.3) is 16.3 Å². The first-order valence-corrected chi connectivity index (χ1v) is 14.9. The molecule has 1 aliphatic heterocycles. The van der Waals surface area contributed by atoms with Crippen LogP contribution in [-0.2, 0) is 14.8 Å². The number of amides is 1. The Bertz CT molecular complexity index is 1510. The van der Waals surface area contributed by atoms with Crippen molar-refractivity contribution in [1.29, 1.82) is 0 Å². The third-order valence-electron chi connectivity index (χ3n) is 6.70. The number of carbonyl (C=O) groups excluding carboxylic acids is 1. The molecule has 39 heavy (non-hydrogen) atoms. The zero-order chi connectivity index (χ0) is 28.3. The van der Waals surface area contributed by atoms with Crippen molar-refractivity contribution < 1.29 is 26.7 Å². The van der Waals surface area contributed by atoms with Crippen LogP contribution in [0.2, 0.25) is 0 Å². The maximum Gasteiger partial charge on any atom is 0.410 e. The number of fused-ring (bicyclic) bond motifs is 1. The van der Waals surface area contributed by atoms with Crippen LogP contribution in [-0.4, -0.2) is 75.8 Å². The van der Waals surface area contributed by atoms with E-state index < -0.39 is 38.7 Å². The number of hydrogen-bond acceptors (Lipinski definition) is 9. The number of nitrogens with zero attached hydrogens (tertiary/aromatic N) is 6. The van der Waals surface area contributed by atoms with E-state index >= 15 is 0 Å². The smallest absolute Gasteiger partial charge is 0.410 e. The molecule has 0 radical (unpaired) electrons. The predicted molar refractivity (Wildman–Crippen MR) is 142 cm³/mol. The molecule has 2 fully saturated rings. The lowest BCUT2D eigenvalue weighted by Gasteiger charge is -2.41. The SMILES string of the molecule is C[C@H]1CN(c2cc(S(=O)(=O)NC3(C)CC3)cn3c(-c4nnc(C(F)F)s4)ncc23)CCN1C(=O)OC(C)(C)C. The van der Waals surface area contributed by atoms with E-state index in [9.17, 15) is 22.0 Å². The Morgan fingerprint density at radius 1 is 1.26 bits per heavy atom. The Balaban J connectivity index is 1.54. The number of sulfonamides is 1. The summed E-state index contributed by atoms with van der Waals surface area (Å²) in [5.41, 5.74) is 0.0433. The third-order valence-corrected chi connectivity index (χ3v) is 9.23. The minimum atomic E-state index is -3.91. The summed E-state index contributed by atoms with van der Waals surface area (Å²) >= 11 is 0.704. The Morgan fingerprint density at radius 2 is 1.97 bits per heavy atom. The standard InChI is InChI=1S/C24H31F2N7O4S2/c1-14-12-31(8-9-32(14)22(34)37-23(2,3)4)16-10-15(39(35,36)30-24(5)6-7-24)13-33-17(16)11-27-19(33)21-29-28-20(38-21)18(25)26/h10-11,13-14,18,30H,6-9,12H2,1-5H3/t14-/m0/s1. The van der Waals surface area contributed by atoms with Gasteiger partial charge in [0.1, 0.15) is 10.5 Å². The minimum Gasteiger partial charge on any atom is -0.444 e. The van der Waals surface area contributed by atoms with Gasteiger partial charge in [0, 0.05) is 37.4 Å². The van der Waals surface area contributed by atoms with Crippen molar-refractivity contribution in [3.63, 3.8) is 0 Å². The van der Waals surface area contributed by atoms with Gasteiger partial charge < -0.3 is 14.5 Å². The zero-order valence-corrected chi connectivity index (χ0v) is 23.9. The summed E-state index contributed by atoms with van der Waals surface area (Å²) in [6.45, 7) is 10.4. The molecule has 1 atom stereocenters. The summed E-state index contributed by atoms with van der Waals surface area (Å²) in [5, 5.41) is 7.13. The van der Waals surface area contributed by atoms with Gasteiger partial charge in [-0.05, 0) is 53.5 Å². The van der Waals surface area contributed by atoms with Crippen LogP contribution >= 0.6 is 11.3 Å². The number of hydrogen-bond donors (Lipinski definition) is 1. The number of anilines is 1. The summed E-state index contributed by atoms with van der Waals surface area (Å²) in [7, 11) is -3.91. The Kier molecular flexibility index (Phi) is 6.82. The number of halogens is 2. The van der Waals surface area contributed by atoms with E-state index in [0.717, 1.165) is 12.8 Å². The van der Waals surface area contributed by atoms with Crippen molar-refractivity contribution in [2.45, 2.75) is 76.0 Å². The topological polar surface area (TPSA) is 122 Å². The maximum atomic E-state index is 13.4. The van der Waals surface area contributed by atoms with E-state index in [1.165, 1.54) is 6.20 Å². The highest BCUT2D eigenvalue weighted by molar-refractivity contribution is 7.89. The molecule has 0 aromatic carbocycles. The number of imidazole rings is 1. The number of ether oxygens (including phenoxy) is 1. The molecule has 0 unspecified atom stereocenters. The van der Waals surface area contributed by atoms with Gasteiger partial charge in [-0.2, -0.15) is 0 Å². The maximum absolute atomic E-state index is 13.4. The first-order chi connectivity index (χ1) is 18.2. The quantitative estimate of drug-likeness (QED) is 0.461. The summed E-state index contributed by atoms with van der Waals surface area (Å²) in [4.78, 5) is 20.8. The second-order valence-corrected chi connectivity index (χ2v) is 14.0. The Hall–Kier alpha value is -2.91. The average molecular weight is 584 g/mol. The van der Waals surface area contributed by atoms with Gasteiger partial charge in [0.25, 0.3) is 6.43 Å². The first kappa shape index (κ1) is 27.6. The second-order valence-electron chi connectivity index (χ2n) is 11.3. The number of rotatable bonds is 6. The summed E-state index contributed by atoms with van der Waals surface area (Å²) < 4.78 is 63.1. The molecule has 1 saturated carbocycles. The van der Waals surface area contributed by atoms with E-state index in [1.54, 1.807) is 21.6 Å². The van der Waals surface area contributed by atoms with Crippen LogP contribution in [0.4, 0.5) is 19.3 Å². The summed E-state index contributed by atoms with van der Waals surface area (Å²) in [5.74, 6) is 0.214. The number of carbonyl (C=O) groups is 1. The van der Waals surface area contributed by atoms with Crippen molar-refractivity contribution in [2.75, 3.05) is 24.5 Å². The van der Waals surface area contributed by atoms with Gasteiger partial charge in [0.15, 0.2) is 15.8 Å². The average Bonchev–Trinajstić information content (AvgIpc) is 3.22. The molecule has 212 valence electrons. The van der Waals surface area contributed by atoms with Gasteiger partial charge in [0.05, 0.1) is 17.4 Å². The molecule has 4 heterocycles. The Labute approximate surface area is 229 Å². The van der Waals surface area contributed by atoms with Crippen LogP contribution in [0.15, 0.2) is 23.4 Å². The molecule has 3 aromatic rings. The van der Waals surface area contributed by atoms with Crippen molar-refractivity contribution in [3.8, 4) is 10.8 Å². The zero-order valence-electron chi connectivity index (χ0n) is 22.3. The van der Waals surface area contributed by atoms with Crippen LogP contribution in [0, 0.1) is 0 Å². The number of nitrogens with one attached hydrogen (secondary N) is 1. The third kappa shape index (κ3) is 5.70. The van der Waals surface area contributed by atoms with E-state index in [1.807, 2.05) is 39.5 Å². The lowest BCUT2D eigenvalue weighted by molar-refractivity contribution is 0.0159. The molecule has 1 amide bonds. The van der Waals surface area contributed by atoms with Gasteiger partial charge in [-0.1, -0.05) is 11.3 Å². The number of piperazine rings is 1. The van der Waals surface area contributed by atoms with Gasteiger partial charge >= 0.3 is 6.09 Å². The van der Waals surface area contributed by atoms with Crippen molar-refractivity contribution in [2.24, 2.45) is 0 Å². The highest BCUT2D eigenvalue weighted by Gasteiger charge is 2.42. The molecular formula is C24H31F2N7O4S2. The van der Waals surface area contributed by atoms with Crippen molar-refractivity contribution in [1.82, 2.24) is 29.2 Å². The fraction of sp³-hybridized carbons (Fsp3) is 0.583. The van der Waals surface area contributed by atoms with Crippen LogP contribution in [0.3, 0.4) is 0 Å². The molecule has 0 spiro atoms. The summed E-state index contributed by atoms with van der Waals surface area (Å²) in [6.07, 6.45) is 1.28. The van der Waals surface area contributed by atoms with Gasteiger partial charge in [-0.25, -0.2) is 31.7 Å². The van der Waals surface area contributed by atoms with Crippen molar-refractivity contribution in [3.05, 3.63) is 23.5 Å². The number of aromatic nitrogens is 4. The van der Waals surface area contributed by atoms with Gasteiger partial charge in [0.2, 0.25) is 10.0 Å². The van der Waals surface area contributed by atoms with Crippen molar-refractivity contribution >= 4 is 38.7 Å². The van der Waals surface area contributed by atoms with E-state index in [-0.39, 0.29) is 21.8 Å². The van der Waals surface area contributed by atoms with Crippen LogP contribution < -0.4 is 9.62 Å². The molecule has 2 aliphatic rings. The van der Waals surface area contributed by atoms with E-state index in [2.05, 4.69) is 19.9 Å². The minimum absolute atomic E-state index is 0.0122. The molecule has 0 bridgehead atoms. The highest BCUT2D eigenvalue weighted by Crippen LogP contribution is 2.38. The fourth-order valence-electron chi connectivity index (χ4n) is 4.47. The highest BCUT2D eigenvalue weighted by atomic mass is 32.2. The molecule has 1 N–H and O–H groups in total. The van der Waals surface area contributed by atoms with E-state index in [0.29, 0.717) is 42.2 Å². The fourth-order valence-corrected chi connectivity index (χ4v) is 6.64. The number of pyridine rings is 1. The van der Waals surface area contributed by atoms with Gasteiger partial charge in [-0.3, -0.25) is 4.40 Å². The van der Waals surface area contributed by atoms with Crippen LogP contribution in [0.1, 0.15) is 58.9 Å². The summed E-state index contributed by atoms with van der Waals surface area (Å²) in [6, 6.07) is 1.37. The van der Waals surface area contributed by atoms with Crippen LogP contribution in [0.5, 0.6) is 0 Å². The second kappa shape index (κ2) is 9.63. The molecule has 1 aliphatic carbocycles. The molecule has 15 heteroatoms. The molecule has 11 nitrogen and oxygen atoms in total. The molecule has 5 rings (SSSR count).